The Kier molecular flexibility index (Phi) is 4.65. The first-order valence-electron chi connectivity index (χ1n) is 6.35. The van der Waals surface area contributed by atoms with Gasteiger partial charge >= 0.3 is 11.7 Å². The predicted molar refractivity (Wildman–Crippen MR) is 71.5 cm³/mol. The first kappa shape index (κ1) is 14.1. The van der Waals surface area contributed by atoms with E-state index in [4.69, 9.17) is 5.11 Å². The van der Waals surface area contributed by atoms with Crippen molar-refractivity contribution in [2.75, 3.05) is 18.8 Å². The molecule has 1 fully saturated rings. The minimum atomic E-state index is -0.917. The van der Waals surface area contributed by atoms with Gasteiger partial charge in [0.15, 0.2) is 5.16 Å². The monoisotopic (exact) mass is 286 g/mol. The Labute approximate surface area is 115 Å². The number of nitrogens with zero attached hydrogens (tertiary/aromatic N) is 3. The molecule has 8 heteroatoms. The summed E-state index contributed by atoms with van der Waals surface area (Å²) >= 11 is 1.06. The van der Waals surface area contributed by atoms with Gasteiger partial charge in [-0.25, -0.2) is 9.89 Å². The lowest BCUT2D eigenvalue weighted by atomic mass is 10.4. The Hall–Kier alpha value is -1.28. The molecule has 1 aromatic heterocycles. The van der Waals surface area contributed by atoms with E-state index in [-0.39, 0.29) is 11.4 Å². The molecule has 106 valence electrons. The molecule has 2 N–H and O–H groups in total. The Bertz CT molecular complexity index is 494. The van der Waals surface area contributed by atoms with Crippen LogP contribution in [0.15, 0.2) is 9.95 Å². The number of carboxylic acid groups (broad SMARTS) is 1. The Morgan fingerprint density at radius 1 is 1.63 bits per heavy atom. The third kappa shape index (κ3) is 3.84. The van der Waals surface area contributed by atoms with E-state index < -0.39 is 5.97 Å². The fraction of sp³-hybridized carbons (Fsp3) is 0.727. The van der Waals surface area contributed by atoms with E-state index in [9.17, 15) is 9.59 Å². The maximum Gasteiger partial charge on any atom is 0.344 e. The molecule has 0 amide bonds. The summed E-state index contributed by atoms with van der Waals surface area (Å²) in [4.78, 5) is 24.5. The van der Waals surface area contributed by atoms with Gasteiger partial charge in [0.25, 0.3) is 0 Å². The van der Waals surface area contributed by atoms with Gasteiger partial charge in [0.1, 0.15) is 0 Å². The van der Waals surface area contributed by atoms with Crippen LogP contribution in [0.25, 0.3) is 0 Å². The van der Waals surface area contributed by atoms with E-state index in [2.05, 4.69) is 22.0 Å². The van der Waals surface area contributed by atoms with Crippen molar-refractivity contribution >= 4 is 17.7 Å². The fourth-order valence-corrected chi connectivity index (χ4v) is 2.70. The zero-order chi connectivity index (χ0) is 13.8. The summed E-state index contributed by atoms with van der Waals surface area (Å²) in [6.45, 7) is 4.41. The zero-order valence-corrected chi connectivity index (χ0v) is 11.7. The van der Waals surface area contributed by atoms with Crippen molar-refractivity contribution in [3.05, 3.63) is 10.5 Å². The molecule has 0 radical (unpaired) electrons. The molecule has 1 aliphatic rings. The molecule has 19 heavy (non-hydrogen) atoms. The second kappa shape index (κ2) is 6.25. The zero-order valence-electron chi connectivity index (χ0n) is 10.8. The van der Waals surface area contributed by atoms with E-state index in [1.54, 1.807) is 0 Å². The molecule has 1 heterocycles. The van der Waals surface area contributed by atoms with Crippen LogP contribution in [0.1, 0.15) is 19.8 Å². The first-order valence-corrected chi connectivity index (χ1v) is 7.34. The van der Waals surface area contributed by atoms with Crippen LogP contribution in [0, 0.1) is 0 Å². The first-order chi connectivity index (χ1) is 9.11. The highest BCUT2D eigenvalue weighted by molar-refractivity contribution is 7.99. The van der Waals surface area contributed by atoms with Crippen LogP contribution in [0.3, 0.4) is 0 Å². The third-order valence-corrected chi connectivity index (χ3v) is 4.09. The number of carbonyl (C=O) groups is 1. The predicted octanol–water partition coefficient (Wildman–Crippen LogP) is 0.232. The number of hydrogen-bond donors (Lipinski definition) is 2. The van der Waals surface area contributed by atoms with Crippen molar-refractivity contribution in [1.82, 2.24) is 19.7 Å². The number of nitrogens with one attached hydrogen (secondary N) is 1. The van der Waals surface area contributed by atoms with Crippen molar-refractivity contribution < 1.29 is 9.90 Å². The van der Waals surface area contributed by atoms with Gasteiger partial charge in [-0.3, -0.25) is 14.3 Å². The van der Waals surface area contributed by atoms with Gasteiger partial charge in [-0.2, -0.15) is 0 Å². The summed E-state index contributed by atoms with van der Waals surface area (Å²) < 4.78 is 1.51. The van der Waals surface area contributed by atoms with Crippen LogP contribution in [0.2, 0.25) is 0 Å². The van der Waals surface area contributed by atoms with E-state index in [1.165, 1.54) is 17.4 Å². The highest BCUT2D eigenvalue weighted by Crippen LogP contribution is 2.26. The number of aromatic amines is 1. The summed E-state index contributed by atoms with van der Waals surface area (Å²) in [6, 6.07) is 0.655. The molecule has 2 rings (SSSR count). The standard InChI is InChI=1S/C11H18N4O3S/c1-2-14(8-3-4-8)5-6-15-10(18)12-13-11(15)19-7-9(16)17/h8H,2-7H2,1H3,(H,12,18)(H,16,17). The van der Waals surface area contributed by atoms with E-state index in [1.807, 2.05) is 0 Å². The van der Waals surface area contributed by atoms with Crippen molar-refractivity contribution in [1.29, 1.82) is 0 Å². The topological polar surface area (TPSA) is 91.2 Å². The lowest BCUT2D eigenvalue weighted by Crippen LogP contribution is -2.32. The van der Waals surface area contributed by atoms with Crippen molar-refractivity contribution in [2.45, 2.75) is 37.5 Å². The molecule has 0 aromatic carbocycles. The summed E-state index contributed by atoms with van der Waals surface area (Å²) in [6.07, 6.45) is 2.46. The third-order valence-electron chi connectivity index (χ3n) is 3.13. The van der Waals surface area contributed by atoms with Crippen LogP contribution in [-0.2, 0) is 11.3 Å². The molecular formula is C11H18N4O3S. The normalized spacial score (nSPS) is 15.1. The van der Waals surface area contributed by atoms with Gasteiger partial charge in [0.05, 0.1) is 5.75 Å². The van der Waals surface area contributed by atoms with Crippen LogP contribution in [0.5, 0.6) is 0 Å². The summed E-state index contributed by atoms with van der Waals surface area (Å²) in [5, 5.41) is 15.3. The van der Waals surface area contributed by atoms with Gasteiger partial charge in [-0.1, -0.05) is 18.7 Å². The van der Waals surface area contributed by atoms with E-state index >= 15 is 0 Å². The lowest BCUT2D eigenvalue weighted by Gasteiger charge is -2.19. The fourth-order valence-electron chi connectivity index (χ4n) is 2.00. The maximum absolute atomic E-state index is 11.6. The SMILES string of the molecule is CCN(CCn1c(SCC(=O)O)n[nH]c1=O)C1CC1. The molecular weight excluding hydrogens is 268 g/mol. The number of H-pyrrole nitrogens is 1. The number of carboxylic acids is 1. The number of thioether (sulfide) groups is 1. The minimum Gasteiger partial charge on any atom is -0.481 e. The van der Waals surface area contributed by atoms with Crippen molar-refractivity contribution in [3.8, 4) is 0 Å². The molecule has 0 aliphatic heterocycles. The second-order valence-corrected chi connectivity index (χ2v) is 5.45. The van der Waals surface area contributed by atoms with Gasteiger partial charge in [0, 0.05) is 19.1 Å². The smallest absolute Gasteiger partial charge is 0.344 e. The molecule has 7 nitrogen and oxygen atoms in total. The van der Waals surface area contributed by atoms with E-state index in [0.717, 1.165) is 24.9 Å². The van der Waals surface area contributed by atoms with Crippen LogP contribution >= 0.6 is 11.8 Å². The Morgan fingerprint density at radius 2 is 2.37 bits per heavy atom. The summed E-state index contributed by atoms with van der Waals surface area (Å²) in [5.41, 5.74) is -0.278. The second-order valence-electron chi connectivity index (χ2n) is 4.51. The van der Waals surface area contributed by atoms with Crippen LogP contribution in [0.4, 0.5) is 0 Å². The number of aromatic nitrogens is 3. The lowest BCUT2D eigenvalue weighted by molar-refractivity contribution is -0.133. The molecule has 0 spiro atoms. The molecule has 0 atom stereocenters. The average Bonchev–Trinajstić information content (AvgIpc) is 3.14. The van der Waals surface area contributed by atoms with Crippen molar-refractivity contribution in [2.24, 2.45) is 0 Å². The number of hydrogen-bond acceptors (Lipinski definition) is 5. The number of rotatable bonds is 8. The van der Waals surface area contributed by atoms with Crippen LogP contribution in [-0.4, -0.2) is 55.6 Å². The Balaban J connectivity index is 1.96. The summed E-state index contributed by atoms with van der Waals surface area (Å²) in [7, 11) is 0. The molecule has 1 aliphatic carbocycles. The molecule has 0 unspecified atom stereocenters. The van der Waals surface area contributed by atoms with Crippen molar-refractivity contribution in [3.63, 3.8) is 0 Å². The highest BCUT2D eigenvalue weighted by atomic mass is 32.2. The minimum absolute atomic E-state index is 0.0928. The quantitative estimate of drug-likeness (QED) is 0.665. The maximum atomic E-state index is 11.6. The molecule has 1 aromatic rings. The highest BCUT2D eigenvalue weighted by Gasteiger charge is 2.27. The van der Waals surface area contributed by atoms with E-state index in [0.29, 0.717) is 17.7 Å². The summed E-state index contributed by atoms with van der Waals surface area (Å²) in [5.74, 6) is -1.01. The Morgan fingerprint density at radius 3 is 2.95 bits per heavy atom. The van der Waals surface area contributed by atoms with Gasteiger partial charge in [0.2, 0.25) is 0 Å². The largest absolute Gasteiger partial charge is 0.481 e. The molecule has 0 bridgehead atoms. The van der Waals surface area contributed by atoms with Crippen LogP contribution < -0.4 is 5.69 Å². The molecule has 1 saturated carbocycles. The number of aliphatic carboxylic acids is 1. The molecule has 0 saturated heterocycles. The van der Waals surface area contributed by atoms with Gasteiger partial charge < -0.3 is 5.11 Å². The van der Waals surface area contributed by atoms with Gasteiger partial charge in [-0.05, 0) is 19.4 Å². The average molecular weight is 286 g/mol. The number of likely N-dealkylation sites (N-methyl/N-ethyl adjacent to an activating group) is 1. The van der Waals surface area contributed by atoms with Gasteiger partial charge in [-0.15, -0.1) is 5.10 Å².